The number of hydrogen-bond acceptors (Lipinski definition) is 6. The Morgan fingerprint density at radius 3 is 1.33 bits per heavy atom. The van der Waals surface area contributed by atoms with E-state index < -0.39 is 11.1 Å². The molecule has 2 atom stereocenters. The van der Waals surface area contributed by atoms with Gasteiger partial charge in [0.1, 0.15) is 0 Å². The zero-order valence-corrected chi connectivity index (χ0v) is 12.1. The summed E-state index contributed by atoms with van der Waals surface area (Å²) in [6.45, 7) is 7.40. The van der Waals surface area contributed by atoms with E-state index in [1.54, 1.807) is 13.8 Å². The summed E-state index contributed by atoms with van der Waals surface area (Å²) in [6.07, 6.45) is 1.20. The standard InChI is InChI=1S/C12H24N4O2/c1-7-11(3,9(13)17-5)15-16-12(4,8-2)10(14)18-6/h13-14H,7-8H2,1-6H3. The van der Waals surface area contributed by atoms with Crippen LogP contribution in [0.3, 0.4) is 0 Å². The van der Waals surface area contributed by atoms with E-state index in [1.165, 1.54) is 14.2 Å². The third-order valence-corrected chi connectivity index (χ3v) is 3.25. The first-order valence-electron chi connectivity index (χ1n) is 5.99. The lowest BCUT2D eigenvalue weighted by molar-refractivity contribution is 0.321. The van der Waals surface area contributed by atoms with E-state index >= 15 is 0 Å². The highest BCUT2D eigenvalue weighted by atomic mass is 16.5. The van der Waals surface area contributed by atoms with Crippen molar-refractivity contribution < 1.29 is 9.47 Å². The molecule has 0 bridgehead atoms. The second kappa shape index (κ2) is 6.47. The Bertz CT molecular complexity index is 311. The molecular weight excluding hydrogens is 232 g/mol. The minimum Gasteiger partial charge on any atom is -0.483 e. The van der Waals surface area contributed by atoms with E-state index in [1.807, 2.05) is 13.8 Å². The van der Waals surface area contributed by atoms with Gasteiger partial charge in [0.25, 0.3) is 0 Å². The number of azo groups is 1. The molecule has 0 aromatic rings. The molecular formula is C12H24N4O2. The normalized spacial score (nSPS) is 17.9. The van der Waals surface area contributed by atoms with Gasteiger partial charge in [-0.15, -0.1) is 0 Å². The number of nitrogens with zero attached hydrogens (tertiary/aromatic N) is 2. The lowest BCUT2D eigenvalue weighted by Gasteiger charge is -2.26. The van der Waals surface area contributed by atoms with Crippen LogP contribution in [-0.2, 0) is 9.47 Å². The summed E-state index contributed by atoms with van der Waals surface area (Å²) in [5.74, 6) is 0.132. The highest BCUT2D eigenvalue weighted by Crippen LogP contribution is 2.24. The van der Waals surface area contributed by atoms with E-state index in [9.17, 15) is 0 Å². The third kappa shape index (κ3) is 3.51. The van der Waals surface area contributed by atoms with Crippen molar-refractivity contribution in [2.24, 2.45) is 10.2 Å². The van der Waals surface area contributed by atoms with E-state index in [0.29, 0.717) is 12.8 Å². The molecule has 0 spiro atoms. The second-order valence-electron chi connectivity index (χ2n) is 4.52. The van der Waals surface area contributed by atoms with E-state index in [-0.39, 0.29) is 11.8 Å². The van der Waals surface area contributed by atoms with E-state index in [4.69, 9.17) is 20.3 Å². The maximum atomic E-state index is 7.75. The van der Waals surface area contributed by atoms with Crippen molar-refractivity contribution in [3.05, 3.63) is 0 Å². The molecule has 2 N–H and O–H groups in total. The summed E-state index contributed by atoms with van der Waals surface area (Å²) < 4.78 is 9.87. The van der Waals surface area contributed by atoms with Crippen LogP contribution < -0.4 is 0 Å². The van der Waals surface area contributed by atoms with Crippen LogP contribution in [0.15, 0.2) is 10.2 Å². The van der Waals surface area contributed by atoms with Gasteiger partial charge in [0.2, 0.25) is 11.8 Å². The lowest BCUT2D eigenvalue weighted by atomic mass is 9.98. The quantitative estimate of drug-likeness (QED) is 0.434. The molecule has 18 heavy (non-hydrogen) atoms. The molecule has 0 saturated heterocycles. The van der Waals surface area contributed by atoms with Crippen LogP contribution in [0, 0.1) is 10.8 Å². The van der Waals surface area contributed by atoms with Crippen molar-refractivity contribution in [2.45, 2.75) is 51.6 Å². The van der Waals surface area contributed by atoms with Crippen LogP contribution in [-0.4, -0.2) is 37.1 Å². The highest BCUT2D eigenvalue weighted by molar-refractivity contribution is 5.84. The van der Waals surface area contributed by atoms with Crippen LogP contribution >= 0.6 is 0 Å². The summed E-state index contributed by atoms with van der Waals surface area (Å²) >= 11 is 0. The van der Waals surface area contributed by atoms with E-state index in [0.717, 1.165) is 0 Å². The van der Waals surface area contributed by atoms with Gasteiger partial charge in [-0.2, -0.15) is 10.2 Å². The van der Waals surface area contributed by atoms with Crippen molar-refractivity contribution in [2.75, 3.05) is 14.2 Å². The fraction of sp³-hybridized carbons (Fsp3) is 0.833. The Balaban J connectivity index is 5.20. The lowest BCUT2D eigenvalue weighted by Crippen LogP contribution is -2.36. The van der Waals surface area contributed by atoms with Gasteiger partial charge in [-0.05, 0) is 26.7 Å². The Hall–Kier alpha value is -1.46. The Morgan fingerprint density at radius 2 is 1.17 bits per heavy atom. The molecule has 6 heteroatoms. The predicted octanol–water partition coefficient (Wildman–Crippen LogP) is 3.02. The average Bonchev–Trinajstić information content (AvgIpc) is 2.42. The van der Waals surface area contributed by atoms with Crippen LogP contribution in [0.25, 0.3) is 0 Å². The molecule has 2 unspecified atom stereocenters. The van der Waals surface area contributed by atoms with E-state index in [2.05, 4.69) is 10.2 Å². The number of nitrogens with one attached hydrogen (secondary N) is 2. The van der Waals surface area contributed by atoms with Crippen molar-refractivity contribution in [1.29, 1.82) is 10.8 Å². The molecule has 0 aliphatic rings. The number of ether oxygens (including phenoxy) is 2. The first-order valence-corrected chi connectivity index (χ1v) is 5.99. The molecule has 0 aliphatic heterocycles. The van der Waals surface area contributed by atoms with Gasteiger partial charge in [-0.1, -0.05) is 13.8 Å². The minimum absolute atomic E-state index is 0.0659. The summed E-state index contributed by atoms with van der Waals surface area (Å²) in [4.78, 5) is 0. The van der Waals surface area contributed by atoms with Gasteiger partial charge < -0.3 is 9.47 Å². The third-order valence-electron chi connectivity index (χ3n) is 3.25. The summed E-state index contributed by atoms with van der Waals surface area (Å²) in [5.41, 5.74) is -1.58. The fourth-order valence-corrected chi connectivity index (χ4v) is 1.21. The number of rotatable bonds is 6. The molecule has 6 nitrogen and oxygen atoms in total. The van der Waals surface area contributed by atoms with Crippen molar-refractivity contribution in [3.63, 3.8) is 0 Å². The van der Waals surface area contributed by atoms with Gasteiger partial charge in [0, 0.05) is 0 Å². The smallest absolute Gasteiger partial charge is 0.210 e. The topological polar surface area (TPSA) is 90.9 Å². The van der Waals surface area contributed by atoms with Gasteiger partial charge in [0.05, 0.1) is 14.2 Å². The first kappa shape index (κ1) is 16.5. The first-order chi connectivity index (χ1) is 8.29. The fourth-order valence-electron chi connectivity index (χ4n) is 1.21. The zero-order valence-electron chi connectivity index (χ0n) is 12.1. The zero-order chi connectivity index (χ0) is 14.4. The molecule has 0 fully saturated rings. The number of hydrogen-bond donors (Lipinski definition) is 2. The van der Waals surface area contributed by atoms with Crippen molar-refractivity contribution in [1.82, 2.24) is 0 Å². The van der Waals surface area contributed by atoms with Crippen LogP contribution in [0.4, 0.5) is 0 Å². The molecule has 0 aromatic carbocycles. The molecule has 0 rings (SSSR count). The SMILES string of the molecule is CCC(C)(N=NC(C)(CC)C(=N)OC)C(=N)OC. The molecule has 0 heterocycles. The maximum Gasteiger partial charge on any atom is 0.210 e. The molecule has 0 amide bonds. The van der Waals surface area contributed by atoms with Crippen molar-refractivity contribution >= 4 is 11.8 Å². The largest absolute Gasteiger partial charge is 0.483 e. The molecule has 0 radical (unpaired) electrons. The Kier molecular flexibility index (Phi) is 5.94. The van der Waals surface area contributed by atoms with Gasteiger partial charge in [0.15, 0.2) is 11.1 Å². The monoisotopic (exact) mass is 256 g/mol. The molecule has 0 aromatic heterocycles. The maximum absolute atomic E-state index is 7.75. The molecule has 0 aliphatic carbocycles. The summed E-state index contributed by atoms with van der Waals surface area (Å²) in [6, 6.07) is 0. The second-order valence-corrected chi connectivity index (χ2v) is 4.52. The molecule has 0 saturated carbocycles. The van der Waals surface area contributed by atoms with Crippen LogP contribution in [0.1, 0.15) is 40.5 Å². The molecule has 104 valence electrons. The number of methoxy groups -OCH3 is 2. The van der Waals surface area contributed by atoms with Crippen LogP contribution in [0.5, 0.6) is 0 Å². The Morgan fingerprint density at radius 1 is 0.889 bits per heavy atom. The van der Waals surface area contributed by atoms with Crippen LogP contribution in [0.2, 0.25) is 0 Å². The minimum atomic E-state index is -0.792. The Labute approximate surface area is 109 Å². The highest BCUT2D eigenvalue weighted by Gasteiger charge is 2.33. The van der Waals surface area contributed by atoms with Gasteiger partial charge in [-0.3, -0.25) is 10.8 Å². The average molecular weight is 256 g/mol. The van der Waals surface area contributed by atoms with Gasteiger partial charge in [-0.25, -0.2) is 0 Å². The summed E-state index contributed by atoms with van der Waals surface area (Å²) in [5, 5.41) is 23.9. The predicted molar refractivity (Wildman–Crippen MR) is 71.7 cm³/mol. The van der Waals surface area contributed by atoms with Crippen molar-refractivity contribution in [3.8, 4) is 0 Å². The summed E-state index contributed by atoms with van der Waals surface area (Å²) in [7, 11) is 2.89. The van der Waals surface area contributed by atoms with Gasteiger partial charge >= 0.3 is 0 Å².